The number of esters is 1. The van der Waals surface area contributed by atoms with Gasteiger partial charge in [0.05, 0.1) is 22.5 Å². The molecule has 0 fully saturated rings. The van der Waals surface area contributed by atoms with Gasteiger partial charge in [0.2, 0.25) is 0 Å². The monoisotopic (exact) mass is 501 g/mol. The van der Waals surface area contributed by atoms with Crippen LogP contribution in [0.25, 0.3) is 0 Å². The number of nitro benzene ring substituents is 1. The van der Waals surface area contributed by atoms with Crippen molar-refractivity contribution in [1.82, 2.24) is 0 Å². The van der Waals surface area contributed by atoms with Crippen LogP contribution in [0.1, 0.15) is 47.1 Å². The quantitative estimate of drug-likeness (QED) is 0.260. The van der Waals surface area contributed by atoms with E-state index in [2.05, 4.69) is 10.6 Å². The highest BCUT2D eigenvalue weighted by Crippen LogP contribution is 2.35. The normalized spacial score (nSPS) is 10.5. The van der Waals surface area contributed by atoms with Gasteiger partial charge in [0.1, 0.15) is 10.0 Å². The third kappa shape index (κ3) is 5.24. The summed E-state index contributed by atoms with van der Waals surface area (Å²) in [5.41, 5.74) is 2.41. The predicted octanol–water partition coefficient (Wildman–Crippen LogP) is 5.53. The van der Waals surface area contributed by atoms with Gasteiger partial charge in [0, 0.05) is 17.3 Å². The van der Waals surface area contributed by atoms with E-state index in [9.17, 15) is 24.5 Å². The van der Waals surface area contributed by atoms with Crippen LogP contribution in [0.5, 0.6) is 0 Å². The van der Waals surface area contributed by atoms with Crippen LogP contribution in [0.4, 0.5) is 16.4 Å². The molecule has 0 spiro atoms. The van der Waals surface area contributed by atoms with Gasteiger partial charge < -0.3 is 15.4 Å². The number of halogens is 1. The molecule has 0 saturated carbocycles. The van der Waals surface area contributed by atoms with Crippen LogP contribution < -0.4 is 10.6 Å². The molecule has 1 heterocycles. The number of nitrogens with one attached hydrogen (secondary N) is 2. The Labute approximate surface area is 203 Å². The van der Waals surface area contributed by atoms with Crippen LogP contribution in [-0.4, -0.2) is 29.8 Å². The van der Waals surface area contributed by atoms with Crippen LogP contribution in [-0.2, 0) is 4.74 Å². The zero-order chi connectivity index (χ0) is 25.2. The van der Waals surface area contributed by atoms with Crippen LogP contribution >= 0.6 is 22.9 Å². The maximum Gasteiger partial charge on any atom is 0.341 e. The smallest absolute Gasteiger partial charge is 0.341 e. The molecule has 2 aromatic carbocycles. The summed E-state index contributed by atoms with van der Waals surface area (Å²) in [5.74, 6) is -1.91. The van der Waals surface area contributed by atoms with E-state index in [4.69, 9.17) is 16.3 Å². The van der Waals surface area contributed by atoms with Crippen LogP contribution in [0.2, 0.25) is 5.02 Å². The van der Waals surface area contributed by atoms with Crippen LogP contribution in [0, 0.1) is 30.9 Å². The molecule has 0 bridgehead atoms. The summed E-state index contributed by atoms with van der Waals surface area (Å²) in [5, 5.41) is 16.5. The number of anilines is 2. The second-order valence-corrected chi connectivity index (χ2v) is 8.89. The molecule has 0 aliphatic rings. The van der Waals surface area contributed by atoms with Crippen molar-refractivity contribution in [3.05, 3.63) is 84.2 Å². The number of methoxy groups -OCH3 is 1. The highest BCUT2D eigenvalue weighted by atomic mass is 35.5. The number of aryl methyl sites for hydroxylation is 2. The Bertz CT molecular complexity index is 1310. The highest BCUT2D eigenvalue weighted by Gasteiger charge is 2.27. The molecule has 9 nitrogen and oxygen atoms in total. The average Bonchev–Trinajstić information content (AvgIpc) is 3.08. The first-order chi connectivity index (χ1) is 16.0. The summed E-state index contributed by atoms with van der Waals surface area (Å²) in [6.45, 7) is 5.38. The van der Waals surface area contributed by atoms with Gasteiger partial charge in [-0.3, -0.25) is 19.7 Å². The first-order valence-electron chi connectivity index (χ1n) is 9.88. The number of carbonyl (C=O) groups is 3. The van der Waals surface area contributed by atoms with E-state index in [1.54, 1.807) is 6.92 Å². The van der Waals surface area contributed by atoms with Crippen molar-refractivity contribution in [3.8, 4) is 0 Å². The SMILES string of the molecule is COC(=O)c1c(NC(=O)c2ccc(Cl)c([N+](=O)[O-])c2)sc(C(=O)Nc2cc(C)cc(C)c2)c1C. The van der Waals surface area contributed by atoms with Gasteiger partial charge in [0.25, 0.3) is 17.5 Å². The molecule has 0 unspecified atom stereocenters. The van der Waals surface area contributed by atoms with Gasteiger partial charge in [-0.2, -0.15) is 0 Å². The molecule has 1 aromatic heterocycles. The lowest BCUT2D eigenvalue weighted by atomic mass is 10.1. The maximum absolute atomic E-state index is 13.0. The highest BCUT2D eigenvalue weighted by molar-refractivity contribution is 7.19. The number of rotatable bonds is 6. The number of carbonyl (C=O) groups excluding carboxylic acids is 3. The fourth-order valence-corrected chi connectivity index (χ4v) is 4.64. The minimum atomic E-state index is -0.739. The second kappa shape index (κ2) is 10.0. The van der Waals surface area contributed by atoms with Crippen molar-refractivity contribution in [2.24, 2.45) is 0 Å². The van der Waals surface area contributed by atoms with Crippen molar-refractivity contribution in [3.63, 3.8) is 0 Å². The molecule has 11 heteroatoms. The first-order valence-corrected chi connectivity index (χ1v) is 11.1. The summed E-state index contributed by atoms with van der Waals surface area (Å²) in [4.78, 5) is 48.9. The summed E-state index contributed by atoms with van der Waals surface area (Å²) in [6.07, 6.45) is 0. The van der Waals surface area contributed by atoms with E-state index >= 15 is 0 Å². The fourth-order valence-electron chi connectivity index (χ4n) is 3.37. The van der Waals surface area contributed by atoms with Gasteiger partial charge in [-0.05, 0) is 61.7 Å². The summed E-state index contributed by atoms with van der Waals surface area (Å²) in [6, 6.07) is 9.17. The van der Waals surface area contributed by atoms with E-state index in [0.717, 1.165) is 28.5 Å². The van der Waals surface area contributed by atoms with Crippen LogP contribution in [0.15, 0.2) is 36.4 Å². The van der Waals surface area contributed by atoms with E-state index in [0.29, 0.717) is 11.3 Å². The average molecular weight is 502 g/mol. The molecule has 0 atom stereocenters. The van der Waals surface area contributed by atoms with Gasteiger partial charge in [-0.15, -0.1) is 11.3 Å². The third-order valence-corrected chi connectivity index (χ3v) is 6.38. The lowest BCUT2D eigenvalue weighted by Crippen LogP contribution is -2.14. The van der Waals surface area contributed by atoms with Crippen molar-refractivity contribution in [2.45, 2.75) is 20.8 Å². The minimum absolute atomic E-state index is 0.0230. The molecule has 0 radical (unpaired) electrons. The molecule has 2 amide bonds. The van der Waals surface area contributed by atoms with E-state index in [-0.39, 0.29) is 26.0 Å². The molecule has 2 N–H and O–H groups in total. The molecular formula is C23H20ClN3O6S. The van der Waals surface area contributed by atoms with Crippen molar-refractivity contribution in [2.75, 3.05) is 17.7 Å². The molecule has 176 valence electrons. The van der Waals surface area contributed by atoms with Crippen molar-refractivity contribution < 1.29 is 24.0 Å². The predicted molar refractivity (Wildman–Crippen MR) is 130 cm³/mol. The number of hydrogen-bond donors (Lipinski definition) is 2. The number of benzene rings is 2. The Morgan fingerprint density at radius 2 is 1.65 bits per heavy atom. The van der Waals surface area contributed by atoms with Gasteiger partial charge in [-0.25, -0.2) is 4.79 Å². The van der Waals surface area contributed by atoms with Crippen molar-refractivity contribution in [1.29, 1.82) is 0 Å². The number of thiophene rings is 1. The lowest BCUT2D eigenvalue weighted by Gasteiger charge is -2.07. The molecule has 3 aromatic rings. The molecular weight excluding hydrogens is 482 g/mol. The van der Waals surface area contributed by atoms with Gasteiger partial charge in [-0.1, -0.05) is 17.7 Å². The number of amides is 2. The molecule has 0 aliphatic carbocycles. The zero-order valence-corrected chi connectivity index (χ0v) is 20.2. The standard InChI is InChI=1S/C23H20ClN3O6S/c1-11-7-12(2)9-15(8-11)25-21(29)19-13(3)18(23(30)33-4)22(34-19)26-20(28)14-5-6-16(24)17(10-14)27(31)32/h5-10H,1-4H3,(H,25,29)(H,26,28). The third-order valence-electron chi connectivity index (χ3n) is 4.85. The molecule has 0 aliphatic heterocycles. The summed E-state index contributed by atoms with van der Waals surface area (Å²) in [7, 11) is 1.18. The molecule has 3 rings (SSSR count). The molecule has 0 saturated heterocycles. The number of nitrogens with zero attached hydrogens (tertiary/aromatic N) is 1. The zero-order valence-electron chi connectivity index (χ0n) is 18.6. The summed E-state index contributed by atoms with van der Waals surface area (Å²) >= 11 is 6.71. The van der Waals surface area contributed by atoms with Gasteiger partial charge in [0.15, 0.2) is 0 Å². The Kier molecular flexibility index (Phi) is 7.33. The van der Waals surface area contributed by atoms with E-state index < -0.39 is 28.4 Å². The Balaban J connectivity index is 1.96. The lowest BCUT2D eigenvalue weighted by molar-refractivity contribution is -0.384. The Morgan fingerprint density at radius 3 is 2.24 bits per heavy atom. The number of nitro groups is 1. The Morgan fingerprint density at radius 1 is 1.00 bits per heavy atom. The maximum atomic E-state index is 13.0. The topological polar surface area (TPSA) is 128 Å². The molecule has 34 heavy (non-hydrogen) atoms. The Hall–Kier alpha value is -3.76. The fraction of sp³-hybridized carbons (Fsp3) is 0.174. The number of ether oxygens (including phenoxy) is 1. The van der Waals surface area contributed by atoms with Crippen molar-refractivity contribution >= 4 is 57.1 Å². The van der Waals surface area contributed by atoms with E-state index in [1.165, 1.54) is 19.2 Å². The number of hydrogen-bond acceptors (Lipinski definition) is 7. The summed E-state index contributed by atoms with van der Waals surface area (Å²) < 4.78 is 4.83. The van der Waals surface area contributed by atoms with Crippen LogP contribution in [0.3, 0.4) is 0 Å². The van der Waals surface area contributed by atoms with E-state index in [1.807, 2.05) is 32.0 Å². The first kappa shape index (κ1) is 24.9. The van der Waals surface area contributed by atoms with Gasteiger partial charge >= 0.3 is 5.97 Å². The largest absolute Gasteiger partial charge is 0.465 e. The second-order valence-electron chi connectivity index (χ2n) is 7.46. The minimum Gasteiger partial charge on any atom is -0.465 e.